The molecule has 2 rings (SSSR count). The second kappa shape index (κ2) is 6.28. The lowest BCUT2D eigenvalue weighted by molar-refractivity contribution is -0.141. The first-order valence-corrected chi connectivity index (χ1v) is 7.35. The number of rotatable bonds is 4. The van der Waals surface area contributed by atoms with Gasteiger partial charge in [-0.05, 0) is 18.6 Å². The van der Waals surface area contributed by atoms with Gasteiger partial charge in [-0.15, -0.1) is 11.8 Å². The fraction of sp³-hybridized carbons (Fsp3) is 0.429. The molecule has 1 fully saturated rings. The molecule has 1 saturated heterocycles. The van der Waals surface area contributed by atoms with Crippen LogP contribution in [0.2, 0.25) is 0 Å². The Bertz CT molecular complexity index is 520. The van der Waals surface area contributed by atoms with Crippen molar-refractivity contribution in [3.05, 3.63) is 35.4 Å². The van der Waals surface area contributed by atoms with Crippen LogP contribution in [0.5, 0.6) is 0 Å². The molecule has 2 atom stereocenters. The number of ether oxygens (including phenoxy) is 1. The standard InChI is InChI=1S/C14H17NO4S/c1-9-15(12(8-20-9)14(17)18)13(16)11-6-4-3-5-10(11)7-19-2/h3-6,9,12H,7-8H2,1-2H3,(H,17,18). The van der Waals surface area contributed by atoms with Gasteiger partial charge in [0.1, 0.15) is 6.04 Å². The van der Waals surface area contributed by atoms with Gasteiger partial charge in [-0.1, -0.05) is 18.2 Å². The molecule has 1 aliphatic rings. The summed E-state index contributed by atoms with van der Waals surface area (Å²) in [5, 5.41) is 9.10. The molecule has 0 bridgehead atoms. The van der Waals surface area contributed by atoms with Crippen molar-refractivity contribution in [2.24, 2.45) is 0 Å². The van der Waals surface area contributed by atoms with E-state index in [0.29, 0.717) is 17.9 Å². The van der Waals surface area contributed by atoms with Gasteiger partial charge in [-0.3, -0.25) is 4.79 Å². The zero-order valence-corrected chi connectivity index (χ0v) is 12.2. The summed E-state index contributed by atoms with van der Waals surface area (Å²) in [7, 11) is 1.57. The van der Waals surface area contributed by atoms with Crippen LogP contribution in [-0.4, -0.2) is 46.2 Å². The number of aliphatic carboxylic acids is 1. The fourth-order valence-corrected chi connectivity index (χ4v) is 3.46. The highest BCUT2D eigenvalue weighted by Gasteiger charge is 2.40. The summed E-state index contributed by atoms with van der Waals surface area (Å²) in [6.45, 7) is 2.18. The number of hydrogen-bond donors (Lipinski definition) is 1. The number of hydrogen-bond acceptors (Lipinski definition) is 4. The Labute approximate surface area is 121 Å². The van der Waals surface area contributed by atoms with Crippen LogP contribution in [0, 0.1) is 0 Å². The summed E-state index contributed by atoms with van der Waals surface area (Å²) in [6.07, 6.45) is 0. The number of thioether (sulfide) groups is 1. The van der Waals surface area contributed by atoms with E-state index in [4.69, 9.17) is 4.74 Å². The normalized spacial score (nSPS) is 22.0. The molecule has 1 aliphatic heterocycles. The molecule has 2 unspecified atom stereocenters. The van der Waals surface area contributed by atoms with Gasteiger partial charge in [0.2, 0.25) is 0 Å². The number of nitrogens with zero attached hydrogens (tertiary/aromatic N) is 1. The molecule has 1 amide bonds. The molecule has 1 aromatic carbocycles. The topological polar surface area (TPSA) is 66.8 Å². The van der Waals surface area contributed by atoms with Gasteiger partial charge >= 0.3 is 5.97 Å². The van der Waals surface area contributed by atoms with Crippen LogP contribution in [0.4, 0.5) is 0 Å². The average molecular weight is 295 g/mol. The Morgan fingerprint density at radius 3 is 2.80 bits per heavy atom. The van der Waals surface area contributed by atoms with E-state index in [9.17, 15) is 14.7 Å². The first kappa shape index (κ1) is 14.9. The summed E-state index contributed by atoms with van der Waals surface area (Å²) in [5.74, 6) is -0.781. The van der Waals surface area contributed by atoms with E-state index in [1.165, 1.54) is 16.7 Å². The lowest BCUT2D eigenvalue weighted by Crippen LogP contribution is -2.45. The van der Waals surface area contributed by atoms with Crippen molar-refractivity contribution in [3.8, 4) is 0 Å². The third kappa shape index (κ3) is 2.81. The SMILES string of the molecule is COCc1ccccc1C(=O)N1C(C)SCC1C(=O)O. The number of amides is 1. The maximum Gasteiger partial charge on any atom is 0.327 e. The van der Waals surface area contributed by atoms with Crippen molar-refractivity contribution in [2.75, 3.05) is 12.9 Å². The summed E-state index contributed by atoms with van der Waals surface area (Å²) < 4.78 is 5.09. The van der Waals surface area contributed by atoms with E-state index in [-0.39, 0.29) is 11.3 Å². The molecule has 6 heteroatoms. The molecule has 0 saturated carbocycles. The van der Waals surface area contributed by atoms with Crippen LogP contribution in [0.25, 0.3) is 0 Å². The van der Waals surface area contributed by atoms with E-state index in [1.54, 1.807) is 19.2 Å². The quantitative estimate of drug-likeness (QED) is 0.918. The van der Waals surface area contributed by atoms with Crippen LogP contribution in [0.1, 0.15) is 22.8 Å². The van der Waals surface area contributed by atoms with Gasteiger partial charge in [0.15, 0.2) is 0 Å². The fourth-order valence-electron chi connectivity index (χ4n) is 2.29. The molecule has 0 radical (unpaired) electrons. The predicted molar refractivity (Wildman–Crippen MR) is 76.7 cm³/mol. The van der Waals surface area contributed by atoms with Gasteiger partial charge in [0.05, 0.1) is 12.0 Å². The Balaban J connectivity index is 2.32. The number of benzene rings is 1. The van der Waals surface area contributed by atoms with Crippen molar-refractivity contribution in [1.82, 2.24) is 4.90 Å². The van der Waals surface area contributed by atoms with Crippen molar-refractivity contribution in [3.63, 3.8) is 0 Å². The van der Waals surface area contributed by atoms with Crippen molar-refractivity contribution in [1.29, 1.82) is 0 Å². The number of methoxy groups -OCH3 is 1. The third-order valence-electron chi connectivity index (χ3n) is 3.29. The molecule has 0 aliphatic carbocycles. The summed E-state index contributed by atoms with van der Waals surface area (Å²) >= 11 is 1.48. The number of carbonyl (C=O) groups is 2. The molecule has 20 heavy (non-hydrogen) atoms. The van der Waals surface area contributed by atoms with Crippen LogP contribution in [0.3, 0.4) is 0 Å². The molecule has 1 heterocycles. The Kier molecular flexibility index (Phi) is 4.67. The lowest BCUT2D eigenvalue weighted by atomic mass is 10.1. The third-order valence-corrected chi connectivity index (χ3v) is 4.51. The predicted octanol–water partition coefficient (Wildman–Crippen LogP) is 1.82. The van der Waals surface area contributed by atoms with E-state index in [2.05, 4.69) is 0 Å². The van der Waals surface area contributed by atoms with Crippen LogP contribution >= 0.6 is 11.8 Å². The van der Waals surface area contributed by atoms with Gasteiger partial charge < -0.3 is 14.7 Å². The molecular formula is C14H17NO4S. The van der Waals surface area contributed by atoms with E-state index in [0.717, 1.165) is 5.56 Å². The first-order chi connectivity index (χ1) is 9.56. The number of carboxylic acid groups (broad SMARTS) is 1. The van der Waals surface area contributed by atoms with Crippen LogP contribution < -0.4 is 0 Å². The molecule has 1 aromatic rings. The van der Waals surface area contributed by atoms with Gasteiger partial charge in [0, 0.05) is 18.4 Å². The van der Waals surface area contributed by atoms with Gasteiger partial charge in [-0.2, -0.15) is 0 Å². The zero-order valence-electron chi connectivity index (χ0n) is 11.4. The molecule has 0 aromatic heterocycles. The first-order valence-electron chi connectivity index (χ1n) is 6.30. The van der Waals surface area contributed by atoms with Crippen molar-refractivity contribution >= 4 is 23.6 Å². The smallest absolute Gasteiger partial charge is 0.327 e. The maximum absolute atomic E-state index is 12.7. The second-order valence-electron chi connectivity index (χ2n) is 4.59. The highest BCUT2D eigenvalue weighted by atomic mass is 32.2. The van der Waals surface area contributed by atoms with E-state index in [1.807, 2.05) is 19.1 Å². The largest absolute Gasteiger partial charge is 0.480 e. The van der Waals surface area contributed by atoms with Crippen LogP contribution in [-0.2, 0) is 16.1 Å². The van der Waals surface area contributed by atoms with Crippen molar-refractivity contribution in [2.45, 2.75) is 24.9 Å². The number of carbonyl (C=O) groups excluding carboxylic acids is 1. The monoisotopic (exact) mass is 295 g/mol. The molecule has 5 nitrogen and oxygen atoms in total. The minimum Gasteiger partial charge on any atom is -0.480 e. The minimum absolute atomic E-state index is 0.140. The highest BCUT2D eigenvalue weighted by Crippen LogP contribution is 2.31. The van der Waals surface area contributed by atoms with E-state index < -0.39 is 12.0 Å². The van der Waals surface area contributed by atoms with Gasteiger partial charge in [0.25, 0.3) is 5.91 Å². The Hall–Kier alpha value is -1.53. The minimum atomic E-state index is -0.959. The highest BCUT2D eigenvalue weighted by molar-refractivity contribution is 8.00. The molecule has 108 valence electrons. The second-order valence-corrected chi connectivity index (χ2v) is 5.94. The van der Waals surface area contributed by atoms with E-state index >= 15 is 0 Å². The summed E-state index contributed by atoms with van der Waals surface area (Å²) in [5.41, 5.74) is 1.28. The molecule has 0 spiro atoms. The summed E-state index contributed by atoms with van der Waals surface area (Å²) in [4.78, 5) is 25.4. The van der Waals surface area contributed by atoms with Gasteiger partial charge in [-0.25, -0.2) is 4.79 Å². The lowest BCUT2D eigenvalue weighted by Gasteiger charge is -2.26. The zero-order chi connectivity index (χ0) is 14.7. The maximum atomic E-state index is 12.7. The molecule has 1 N–H and O–H groups in total. The Morgan fingerprint density at radius 1 is 1.45 bits per heavy atom. The number of carboxylic acids is 1. The van der Waals surface area contributed by atoms with Crippen LogP contribution in [0.15, 0.2) is 24.3 Å². The average Bonchev–Trinajstić information content (AvgIpc) is 2.81. The Morgan fingerprint density at radius 2 is 2.15 bits per heavy atom. The molecular weight excluding hydrogens is 278 g/mol. The van der Waals surface area contributed by atoms with Crippen molar-refractivity contribution < 1.29 is 19.4 Å². The summed E-state index contributed by atoms with van der Waals surface area (Å²) in [6, 6.07) is 6.38.